The highest BCUT2D eigenvalue weighted by Crippen LogP contribution is 2.21. The van der Waals surface area contributed by atoms with E-state index in [1.807, 2.05) is 30.3 Å². The van der Waals surface area contributed by atoms with Crippen LogP contribution in [0.4, 0.5) is 10.5 Å². The van der Waals surface area contributed by atoms with Gasteiger partial charge in [0.25, 0.3) is 0 Å². The number of benzene rings is 1. The van der Waals surface area contributed by atoms with Gasteiger partial charge >= 0.3 is 6.16 Å². The molecule has 0 aliphatic rings. The highest BCUT2D eigenvalue weighted by atomic mass is 16.7. The number of hydrogen-bond donors (Lipinski definition) is 1. The predicted octanol–water partition coefficient (Wildman–Crippen LogP) is 2.63. The third kappa shape index (κ3) is 2.94. The first-order valence-electron chi connectivity index (χ1n) is 6.34. The van der Waals surface area contributed by atoms with Gasteiger partial charge in [0.2, 0.25) is 0 Å². The van der Waals surface area contributed by atoms with Crippen LogP contribution in [0.3, 0.4) is 0 Å². The van der Waals surface area contributed by atoms with Crippen molar-refractivity contribution in [3.05, 3.63) is 60.4 Å². The van der Waals surface area contributed by atoms with Gasteiger partial charge in [-0.2, -0.15) is 5.10 Å². The Hall–Kier alpha value is -3.02. The fraction of sp³-hybridized carbons (Fsp3) is 0.0667. The largest absolute Gasteiger partial charge is 0.514 e. The van der Waals surface area contributed by atoms with Crippen LogP contribution in [0.2, 0.25) is 0 Å². The second-order valence-electron chi connectivity index (χ2n) is 4.43. The molecule has 0 saturated carbocycles. The number of anilines is 1. The van der Waals surface area contributed by atoms with Crippen LogP contribution < -0.4 is 10.5 Å². The Bertz CT molecular complexity index is 768. The summed E-state index contributed by atoms with van der Waals surface area (Å²) in [6.45, 7) is 0.154. The number of aromatic nitrogens is 2. The quantitative estimate of drug-likeness (QED) is 0.747. The van der Waals surface area contributed by atoms with Gasteiger partial charge < -0.3 is 15.2 Å². The number of nitrogen functional groups attached to an aromatic ring is 1. The van der Waals surface area contributed by atoms with Crippen molar-refractivity contribution >= 4 is 17.4 Å². The molecule has 106 valence electrons. The molecule has 0 saturated heterocycles. The highest BCUT2D eigenvalue weighted by molar-refractivity contribution is 5.71. The molecule has 0 unspecified atom stereocenters. The van der Waals surface area contributed by atoms with Gasteiger partial charge in [-0.15, -0.1) is 0 Å². The average Bonchev–Trinajstić information content (AvgIpc) is 2.88. The summed E-state index contributed by atoms with van der Waals surface area (Å²) in [5.74, 6) is 0.306. The number of fused-ring (bicyclic) bond motifs is 1. The summed E-state index contributed by atoms with van der Waals surface area (Å²) in [6, 6.07) is 12.7. The molecule has 0 bridgehead atoms. The van der Waals surface area contributed by atoms with Crippen LogP contribution in [-0.4, -0.2) is 15.8 Å². The summed E-state index contributed by atoms with van der Waals surface area (Å²) in [7, 11) is 0. The van der Waals surface area contributed by atoms with Gasteiger partial charge in [0.15, 0.2) is 5.75 Å². The molecule has 6 nitrogen and oxygen atoms in total. The second kappa shape index (κ2) is 5.54. The molecule has 0 radical (unpaired) electrons. The van der Waals surface area contributed by atoms with Crippen molar-refractivity contribution in [2.75, 3.05) is 5.73 Å². The fourth-order valence-electron chi connectivity index (χ4n) is 1.89. The molecule has 0 amide bonds. The molecule has 0 atom stereocenters. The Kier molecular flexibility index (Phi) is 3.42. The maximum absolute atomic E-state index is 11.7. The molecule has 2 N–H and O–H groups in total. The summed E-state index contributed by atoms with van der Waals surface area (Å²) in [5, 5.41) is 4.06. The van der Waals surface area contributed by atoms with Crippen molar-refractivity contribution in [3.8, 4) is 5.75 Å². The van der Waals surface area contributed by atoms with Gasteiger partial charge in [-0.1, -0.05) is 30.3 Å². The van der Waals surface area contributed by atoms with Gasteiger partial charge in [-0.3, -0.25) is 0 Å². The predicted molar refractivity (Wildman–Crippen MR) is 76.9 cm³/mol. The molecular weight excluding hydrogens is 270 g/mol. The molecule has 0 fully saturated rings. The normalized spacial score (nSPS) is 10.5. The third-order valence-electron chi connectivity index (χ3n) is 2.90. The summed E-state index contributed by atoms with van der Waals surface area (Å²) in [4.78, 5) is 11.7. The van der Waals surface area contributed by atoms with Crippen LogP contribution in [-0.2, 0) is 11.3 Å². The first kappa shape index (κ1) is 13.0. The van der Waals surface area contributed by atoms with Crippen molar-refractivity contribution in [1.82, 2.24) is 9.61 Å². The van der Waals surface area contributed by atoms with E-state index in [4.69, 9.17) is 15.2 Å². The van der Waals surface area contributed by atoms with Crippen molar-refractivity contribution in [1.29, 1.82) is 0 Å². The second-order valence-corrected chi connectivity index (χ2v) is 4.43. The number of pyridine rings is 1. The molecule has 21 heavy (non-hydrogen) atoms. The molecule has 0 aliphatic carbocycles. The van der Waals surface area contributed by atoms with Crippen LogP contribution in [0.5, 0.6) is 5.75 Å². The zero-order valence-corrected chi connectivity index (χ0v) is 11.1. The number of nitrogens with zero attached hydrogens (tertiary/aromatic N) is 2. The van der Waals surface area contributed by atoms with E-state index in [-0.39, 0.29) is 6.61 Å². The molecule has 0 spiro atoms. The smallest absolute Gasteiger partial charge is 0.429 e. The summed E-state index contributed by atoms with van der Waals surface area (Å²) in [6.07, 6.45) is 2.35. The van der Waals surface area contributed by atoms with E-state index in [0.717, 1.165) is 5.56 Å². The van der Waals surface area contributed by atoms with E-state index in [2.05, 4.69) is 5.10 Å². The lowest BCUT2D eigenvalue weighted by Crippen LogP contribution is -2.10. The molecule has 1 aromatic carbocycles. The van der Waals surface area contributed by atoms with Crippen LogP contribution in [0.15, 0.2) is 54.9 Å². The first-order valence-corrected chi connectivity index (χ1v) is 6.34. The Morgan fingerprint density at radius 1 is 1.24 bits per heavy atom. The third-order valence-corrected chi connectivity index (χ3v) is 2.90. The Morgan fingerprint density at radius 2 is 2.05 bits per heavy atom. The van der Waals surface area contributed by atoms with E-state index in [1.165, 1.54) is 6.20 Å². The van der Waals surface area contributed by atoms with Crippen LogP contribution >= 0.6 is 0 Å². The average molecular weight is 283 g/mol. The number of hydrogen-bond acceptors (Lipinski definition) is 5. The molecule has 3 aromatic rings. The standard InChI is InChI=1S/C15H13N3O3/c16-12-6-7-18-13(8-12)14(9-17-18)21-15(19)20-10-11-4-2-1-3-5-11/h1-9H,10,16H2. The molecular formula is C15H13N3O3. The van der Waals surface area contributed by atoms with Crippen LogP contribution in [0, 0.1) is 0 Å². The van der Waals surface area contributed by atoms with Gasteiger partial charge in [-0.25, -0.2) is 9.31 Å². The fourth-order valence-corrected chi connectivity index (χ4v) is 1.89. The van der Waals surface area contributed by atoms with Gasteiger partial charge in [-0.05, 0) is 17.7 Å². The van der Waals surface area contributed by atoms with Crippen LogP contribution in [0.25, 0.3) is 5.52 Å². The molecule has 2 aromatic heterocycles. The van der Waals surface area contributed by atoms with Crippen molar-refractivity contribution in [2.24, 2.45) is 0 Å². The van der Waals surface area contributed by atoms with E-state index in [9.17, 15) is 4.79 Å². The van der Waals surface area contributed by atoms with E-state index in [1.54, 1.807) is 22.8 Å². The molecule has 6 heteroatoms. The Labute approximate surface area is 120 Å². The molecule has 2 heterocycles. The lowest BCUT2D eigenvalue weighted by Gasteiger charge is -2.05. The van der Waals surface area contributed by atoms with E-state index >= 15 is 0 Å². The molecule has 3 rings (SSSR count). The van der Waals surface area contributed by atoms with E-state index in [0.29, 0.717) is 17.0 Å². The number of carbonyl (C=O) groups excluding carboxylic acids is 1. The monoisotopic (exact) mass is 283 g/mol. The Morgan fingerprint density at radius 3 is 2.86 bits per heavy atom. The number of carbonyl (C=O) groups is 1. The van der Waals surface area contributed by atoms with Crippen molar-refractivity contribution < 1.29 is 14.3 Å². The zero-order chi connectivity index (χ0) is 14.7. The lowest BCUT2D eigenvalue weighted by atomic mass is 10.2. The summed E-state index contributed by atoms with van der Waals surface area (Å²) < 4.78 is 11.8. The summed E-state index contributed by atoms with van der Waals surface area (Å²) in [5.41, 5.74) is 7.76. The first-order chi connectivity index (χ1) is 10.2. The number of nitrogens with two attached hydrogens (primary N) is 1. The van der Waals surface area contributed by atoms with Crippen LogP contribution in [0.1, 0.15) is 5.56 Å². The Balaban J connectivity index is 1.67. The molecule has 0 aliphatic heterocycles. The number of rotatable bonds is 3. The lowest BCUT2D eigenvalue weighted by molar-refractivity contribution is 0.0932. The highest BCUT2D eigenvalue weighted by Gasteiger charge is 2.12. The minimum absolute atomic E-state index is 0.154. The van der Waals surface area contributed by atoms with Crippen molar-refractivity contribution in [3.63, 3.8) is 0 Å². The van der Waals surface area contributed by atoms with E-state index < -0.39 is 6.16 Å². The zero-order valence-electron chi connectivity index (χ0n) is 11.1. The topological polar surface area (TPSA) is 78.9 Å². The van der Waals surface area contributed by atoms with Gasteiger partial charge in [0.1, 0.15) is 12.1 Å². The maximum Gasteiger partial charge on any atom is 0.514 e. The SMILES string of the molecule is Nc1ccn2ncc(OC(=O)OCc3ccccc3)c2c1. The summed E-state index contributed by atoms with van der Waals surface area (Å²) >= 11 is 0. The minimum Gasteiger partial charge on any atom is -0.429 e. The number of ether oxygens (including phenoxy) is 2. The van der Waals surface area contributed by atoms with Gasteiger partial charge in [0.05, 0.1) is 6.20 Å². The minimum atomic E-state index is -0.781. The van der Waals surface area contributed by atoms with Crippen molar-refractivity contribution in [2.45, 2.75) is 6.61 Å². The van der Waals surface area contributed by atoms with Gasteiger partial charge in [0, 0.05) is 11.9 Å². The maximum atomic E-state index is 11.7.